The van der Waals surface area contributed by atoms with E-state index in [-0.39, 0.29) is 29.9 Å². The Labute approximate surface area is 127 Å². The highest BCUT2D eigenvalue weighted by Crippen LogP contribution is 2.18. The molecule has 7 heteroatoms. The van der Waals surface area contributed by atoms with Crippen LogP contribution < -0.4 is 10.6 Å². The molecule has 0 radical (unpaired) electrons. The van der Waals surface area contributed by atoms with Crippen molar-refractivity contribution in [3.05, 3.63) is 0 Å². The van der Waals surface area contributed by atoms with Crippen LogP contribution in [-0.2, 0) is 9.84 Å². The maximum Gasteiger partial charge on any atom is 0.191 e. The van der Waals surface area contributed by atoms with E-state index in [1.165, 1.54) is 0 Å². The van der Waals surface area contributed by atoms with Gasteiger partial charge in [0, 0.05) is 19.6 Å². The number of nitrogens with one attached hydrogen (secondary N) is 2. The summed E-state index contributed by atoms with van der Waals surface area (Å²) >= 11 is 0. The largest absolute Gasteiger partial charge is 0.357 e. The van der Waals surface area contributed by atoms with Crippen LogP contribution in [0.4, 0.5) is 0 Å². The Morgan fingerprint density at radius 3 is 2.56 bits per heavy atom. The SMILES string of the molecule is CCCNC(=NCC1CCS(=O)(=O)C1)NCC.I. The Morgan fingerprint density at radius 2 is 2.06 bits per heavy atom. The van der Waals surface area contributed by atoms with Crippen molar-refractivity contribution in [3.8, 4) is 0 Å². The van der Waals surface area contributed by atoms with Gasteiger partial charge in [0.2, 0.25) is 0 Å². The summed E-state index contributed by atoms with van der Waals surface area (Å²) in [5.41, 5.74) is 0. The molecule has 1 fully saturated rings. The van der Waals surface area contributed by atoms with Gasteiger partial charge in [-0.3, -0.25) is 4.99 Å². The van der Waals surface area contributed by atoms with Crippen LogP contribution in [0.15, 0.2) is 4.99 Å². The topological polar surface area (TPSA) is 70.6 Å². The second-order valence-corrected chi connectivity index (χ2v) is 6.64. The van der Waals surface area contributed by atoms with Crippen LogP contribution in [0.5, 0.6) is 0 Å². The molecular weight excluding hydrogens is 365 g/mol. The quantitative estimate of drug-likeness (QED) is 0.418. The Kier molecular flexibility index (Phi) is 8.93. The first-order chi connectivity index (χ1) is 8.07. The van der Waals surface area contributed by atoms with Crippen LogP contribution in [-0.4, -0.2) is 45.5 Å². The van der Waals surface area contributed by atoms with Crippen molar-refractivity contribution in [2.75, 3.05) is 31.1 Å². The summed E-state index contributed by atoms with van der Waals surface area (Å²) in [5.74, 6) is 1.60. The van der Waals surface area contributed by atoms with Gasteiger partial charge in [-0.25, -0.2) is 8.42 Å². The molecule has 0 spiro atoms. The van der Waals surface area contributed by atoms with Gasteiger partial charge in [0.25, 0.3) is 0 Å². The first-order valence-electron chi connectivity index (χ1n) is 6.30. The summed E-state index contributed by atoms with van der Waals surface area (Å²) < 4.78 is 22.6. The summed E-state index contributed by atoms with van der Waals surface area (Å²) in [6.07, 6.45) is 1.79. The Hall–Kier alpha value is -0.0500. The molecule has 108 valence electrons. The molecule has 1 saturated heterocycles. The lowest BCUT2D eigenvalue weighted by atomic mass is 10.1. The molecule has 0 aromatic carbocycles. The minimum absolute atomic E-state index is 0. The third-order valence-corrected chi connectivity index (χ3v) is 4.56. The van der Waals surface area contributed by atoms with E-state index in [1.807, 2.05) is 6.92 Å². The molecular formula is C11H24IN3O2S. The minimum atomic E-state index is -2.78. The van der Waals surface area contributed by atoms with Gasteiger partial charge >= 0.3 is 0 Å². The summed E-state index contributed by atoms with van der Waals surface area (Å²) in [5, 5.41) is 6.36. The molecule has 1 heterocycles. The molecule has 0 saturated carbocycles. The van der Waals surface area contributed by atoms with E-state index in [0.717, 1.165) is 31.9 Å². The number of hydrogen-bond donors (Lipinski definition) is 2. The van der Waals surface area contributed by atoms with Crippen molar-refractivity contribution in [3.63, 3.8) is 0 Å². The standard InChI is InChI=1S/C11H23N3O2S.HI/c1-3-6-13-11(12-4-2)14-8-10-5-7-17(15,16)9-10;/h10H,3-9H2,1-2H3,(H2,12,13,14);1H. The smallest absolute Gasteiger partial charge is 0.191 e. The number of halogens is 1. The predicted molar refractivity (Wildman–Crippen MR) is 86.4 cm³/mol. The Morgan fingerprint density at radius 1 is 1.33 bits per heavy atom. The normalized spacial score (nSPS) is 22.3. The van der Waals surface area contributed by atoms with Gasteiger partial charge in [-0.1, -0.05) is 6.92 Å². The van der Waals surface area contributed by atoms with E-state index in [1.54, 1.807) is 0 Å². The number of aliphatic imine (C=N–C) groups is 1. The van der Waals surface area contributed by atoms with Crippen LogP contribution in [0.25, 0.3) is 0 Å². The average molecular weight is 389 g/mol. The van der Waals surface area contributed by atoms with E-state index in [0.29, 0.717) is 18.1 Å². The van der Waals surface area contributed by atoms with E-state index in [9.17, 15) is 8.42 Å². The van der Waals surface area contributed by atoms with Crippen molar-refractivity contribution in [2.24, 2.45) is 10.9 Å². The zero-order valence-electron chi connectivity index (χ0n) is 11.1. The minimum Gasteiger partial charge on any atom is -0.357 e. The fourth-order valence-electron chi connectivity index (χ4n) is 1.82. The van der Waals surface area contributed by atoms with Gasteiger partial charge in [-0.2, -0.15) is 0 Å². The molecule has 1 aliphatic heterocycles. The van der Waals surface area contributed by atoms with Crippen LogP contribution in [0, 0.1) is 5.92 Å². The van der Waals surface area contributed by atoms with Gasteiger partial charge in [-0.05, 0) is 25.7 Å². The highest BCUT2D eigenvalue weighted by atomic mass is 127. The summed E-state index contributed by atoms with van der Waals surface area (Å²) in [7, 11) is -2.78. The van der Waals surface area contributed by atoms with E-state index < -0.39 is 9.84 Å². The third kappa shape index (κ3) is 6.77. The number of sulfone groups is 1. The van der Waals surface area contributed by atoms with Crippen molar-refractivity contribution in [1.29, 1.82) is 0 Å². The van der Waals surface area contributed by atoms with Gasteiger partial charge < -0.3 is 10.6 Å². The van der Waals surface area contributed by atoms with Crippen LogP contribution in [0.1, 0.15) is 26.7 Å². The number of nitrogens with zero attached hydrogens (tertiary/aromatic N) is 1. The molecule has 1 atom stereocenters. The van der Waals surface area contributed by atoms with Crippen molar-refractivity contribution >= 4 is 39.8 Å². The number of hydrogen-bond acceptors (Lipinski definition) is 3. The fraction of sp³-hybridized carbons (Fsp3) is 0.909. The van der Waals surface area contributed by atoms with Gasteiger partial charge in [0.15, 0.2) is 15.8 Å². The van der Waals surface area contributed by atoms with Crippen molar-refractivity contribution in [2.45, 2.75) is 26.7 Å². The van der Waals surface area contributed by atoms with E-state index >= 15 is 0 Å². The number of rotatable bonds is 5. The Balaban J connectivity index is 0.00000289. The maximum absolute atomic E-state index is 11.3. The highest BCUT2D eigenvalue weighted by Gasteiger charge is 2.27. The zero-order valence-corrected chi connectivity index (χ0v) is 14.3. The number of guanidine groups is 1. The monoisotopic (exact) mass is 389 g/mol. The van der Waals surface area contributed by atoms with Gasteiger partial charge in [0.1, 0.15) is 0 Å². The first kappa shape index (κ1) is 17.9. The lowest BCUT2D eigenvalue weighted by molar-refractivity contribution is 0.589. The molecule has 0 bridgehead atoms. The van der Waals surface area contributed by atoms with Crippen LogP contribution >= 0.6 is 24.0 Å². The average Bonchev–Trinajstić information content (AvgIpc) is 2.62. The maximum atomic E-state index is 11.3. The lowest BCUT2D eigenvalue weighted by Gasteiger charge is -2.11. The fourth-order valence-corrected chi connectivity index (χ4v) is 3.67. The van der Waals surface area contributed by atoms with E-state index in [2.05, 4.69) is 22.5 Å². The summed E-state index contributed by atoms with van der Waals surface area (Å²) in [6, 6.07) is 0. The lowest BCUT2D eigenvalue weighted by Crippen LogP contribution is -2.38. The molecule has 0 aliphatic carbocycles. The first-order valence-corrected chi connectivity index (χ1v) is 8.12. The summed E-state index contributed by atoms with van der Waals surface area (Å²) in [6.45, 7) is 6.41. The van der Waals surface area contributed by atoms with Crippen LogP contribution in [0.2, 0.25) is 0 Å². The zero-order chi connectivity index (χ0) is 12.7. The molecule has 5 nitrogen and oxygen atoms in total. The molecule has 1 unspecified atom stereocenters. The molecule has 0 aromatic rings. The van der Waals surface area contributed by atoms with Crippen molar-refractivity contribution < 1.29 is 8.42 Å². The van der Waals surface area contributed by atoms with Gasteiger partial charge in [0.05, 0.1) is 11.5 Å². The Bertz CT molecular complexity index is 357. The molecule has 0 aromatic heterocycles. The third-order valence-electron chi connectivity index (χ3n) is 2.72. The second-order valence-electron chi connectivity index (χ2n) is 4.42. The van der Waals surface area contributed by atoms with Crippen LogP contribution in [0.3, 0.4) is 0 Å². The van der Waals surface area contributed by atoms with Crippen molar-refractivity contribution in [1.82, 2.24) is 10.6 Å². The molecule has 0 amide bonds. The highest BCUT2D eigenvalue weighted by molar-refractivity contribution is 14.0. The second kappa shape index (κ2) is 8.95. The molecule has 2 N–H and O–H groups in total. The predicted octanol–water partition coefficient (Wildman–Crippen LogP) is 1.00. The van der Waals surface area contributed by atoms with E-state index in [4.69, 9.17) is 0 Å². The molecule has 18 heavy (non-hydrogen) atoms. The van der Waals surface area contributed by atoms with Gasteiger partial charge in [-0.15, -0.1) is 24.0 Å². The molecule has 1 aliphatic rings. The summed E-state index contributed by atoms with van der Waals surface area (Å²) in [4.78, 5) is 4.43. The molecule has 1 rings (SSSR count).